The summed E-state index contributed by atoms with van der Waals surface area (Å²) in [6, 6.07) is 13.2. The van der Waals surface area contributed by atoms with Gasteiger partial charge in [0.05, 0.1) is 0 Å². The molecule has 210 valence electrons. The first kappa shape index (κ1) is 30.2. The molecule has 8 nitrogen and oxygen atoms in total. The Kier molecular flexibility index (Phi) is 10.1. The second kappa shape index (κ2) is 12.7. The van der Waals surface area contributed by atoms with Gasteiger partial charge in [-0.05, 0) is 88.3 Å². The minimum Gasteiger partial charge on any atom is -0.462 e. The van der Waals surface area contributed by atoms with Crippen molar-refractivity contribution in [1.82, 2.24) is 14.8 Å². The number of likely N-dealkylation sites (N-methyl/N-ethyl adjacent to an activating group) is 1. The van der Waals surface area contributed by atoms with Crippen LogP contribution in [0.3, 0.4) is 0 Å². The van der Waals surface area contributed by atoms with Gasteiger partial charge in [0.2, 0.25) is 5.79 Å². The van der Waals surface area contributed by atoms with Gasteiger partial charge in [0.1, 0.15) is 11.5 Å². The maximum Gasteiger partial charge on any atom is 0.530 e. The summed E-state index contributed by atoms with van der Waals surface area (Å²) < 4.78 is 30.4. The standard InChI is InChI=1S/C29H44N3O5P/c1-9-25(21(2)20-32(7)8)22-12-10-13-24(18-22)35-29(3,4)37-38(33,34)36-27-15-11-14-26-28(27)23(19-30-26)16-17-31(5)6/h10-15,18-19,21,25,30H,9,16-17,20H2,1-8H3,(H,33,34)/t21-,25+/m1/s1. The zero-order valence-electron chi connectivity index (χ0n) is 24.0. The van der Waals surface area contributed by atoms with E-state index in [-0.39, 0.29) is 0 Å². The van der Waals surface area contributed by atoms with E-state index in [1.807, 2.05) is 44.6 Å². The molecule has 0 fully saturated rings. The topological polar surface area (TPSA) is 87.3 Å². The maximum atomic E-state index is 13.2. The van der Waals surface area contributed by atoms with Gasteiger partial charge in [0.25, 0.3) is 0 Å². The number of phosphoric acid groups is 1. The molecule has 3 aromatic rings. The molecular formula is C29H44N3O5P. The summed E-state index contributed by atoms with van der Waals surface area (Å²) in [5.74, 6) is 0.267. The van der Waals surface area contributed by atoms with Crippen LogP contribution in [-0.2, 0) is 15.5 Å². The van der Waals surface area contributed by atoms with Crippen LogP contribution in [0.2, 0.25) is 0 Å². The van der Waals surface area contributed by atoms with E-state index >= 15 is 0 Å². The lowest BCUT2D eigenvalue weighted by Gasteiger charge is -2.29. The predicted molar refractivity (Wildman–Crippen MR) is 154 cm³/mol. The molecule has 3 rings (SSSR count). The SMILES string of the molecule is CC[C@H](c1cccc(OC(C)(C)OP(=O)(O)Oc2cccc3[nH]cc(CCN(C)C)c23)c1)[C@H](C)CN(C)C. The summed E-state index contributed by atoms with van der Waals surface area (Å²) in [6.45, 7) is 9.47. The van der Waals surface area contributed by atoms with Gasteiger partial charge in [0.15, 0.2) is 0 Å². The Labute approximate surface area is 227 Å². The normalized spacial score (nSPS) is 15.6. The van der Waals surface area contributed by atoms with E-state index in [2.05, 4.69) is 48.8 Å². The minimum absolute atomic E-state index is 0.293. The molecule has 0 saturated heterocycles. The molecule has 0 amide bonds. The molecule has 1 aromatic heterocycles. The number of phosphoric ester groups is 1. The zero-order chi connectivity index (χ0) is 28.1. The molecule has 0 saturated carbocycles. The Morgan fingerprint density at radius 1 is 1.08 bits per heavy atom. The fraction of sp³-hybridized carbons (Fsp3) is 0.517. The largest absolute Gasteiger partial charge is 0.530 e. The molecule has 2 N–H and O–H groups in total. The fourth-order valence-electron chi connectivity index (χ4n) is 5.04. The summed E-state index contributed by atoms with van der Waals surface area (Å²) in [4.78, 5) is 18.2. The van der Waals surface area contributed by atoms with Crippen LogP contribution in [0.1, 0.15) is 51.2 Å². The first-order valence-corrected chi connectivity index (χ1v) is 14.7. The molecule has 0 radical (unpaired) electrons. The van der Waals surface area contributed by atoms with Crippen LogP contribution in [0.25, 0.3) is 10.9 Å². The van der Waals surface area contributed by atoms with Gasteiger partial charge in [-0.2, -0.15) is 0 Å². The van der Waals surface area contributed by atoms with E-state index in [4.69, 9.17) is 13.8 Å². The van der Waals surface area contributed by atoms with Gasteiger partial charge >= 0.3 is 7.82 Å². The van der Waals surface area contributed by atoms with Crippen LogP contribution in [0.15, 0.2) is 48.7 Å². The molecule has 0 bridgehead atoms. The third-order valence-electron chi connectivity index (χ3n) is 6.56. The van der Waals surface area contributed by atoms with Gasteiger partial charge in [0, 0.05) is 44.0 Å². The van der Waals surface area contributed by atoms with E-state index in [1.54, 1.807) is 26.0 Å². The average molecular weight is 546 g/mol. The number of ether oxygens (including phenoxy) is 1. The molecule has 0 aliphatic heterocycles. The Hall–Kier alpha value is -2.35. The molecule has 0 aliphatic rings. The molecule has 1 heterocycles. The Bertz CT molecular complexity index is 1240. The third-order valence-corrected chi connectivity index (χ3v) is 7.65. The Morgan fingerprint density at radius 2 is 1.79 bits per heavy atom. The highest BCUT2D eigenvalue weighted by molar-refractivity contribution is 7.47. The number of nitrogens with one attached hydrogen (secondary N) is 1. The monoisotopic (exact) mass is 545 g/mol. The lowest BCUT2D eigenvalue weighted by Crippen LogP contribution is -2.31. The van der Waals surface area contributed by atoms with Crippen LogP contribution < -0.4 is 9.26 Å². The summed E-state index contributed by atoms with van der Waals surface area (Å²) in [5.41, 5.74) is 3.01. The quantitative estimate of drug-likeness (QED) is 0.182. The average Bonchev–Trinajstić information content (AvgIpc) is 3.21. The summed E-state index contributed by atoms with van der Waals surface area (Å²) >= 11 is 0. The van der Waals surface area contributed by atoms with E-state index in [0.717, 1.165) is 42.4 Å². The van der Waals surface area contributed by atoms with Gasteiger partial charge in [-0.25, -0.2) is 9.09 Å². The second-order valence-electron chi connectivity index (χ2n) is 11.0. The number of fused-ring (bicyclic) bond motifs is 1. The van der Waals surface area contributed by atoms with Crippen molar-refractivity contribution in [2.24, 2.45) is 5.92 Å². The predicted octanol–water partition coefficient (Wildman–Crippen LogP) is 6.27. The number of benzene rings is 2. The zero-order valence-corrected chi connectivity index (χ0v) is 24.9. The fourth-order valence-corrected chi connectivity index (χ4v) is 6.07. The van der Waals surface area contributed by atoms with Crippen molar-refractivity contribution in [3.63, 3.8) is 0 Å². The van der Waals surface area contributed by atoms with E-state index in [9.17, 15) is 9.46 Å². The van der Waals surface area contributed by atoms with Crippen LogP contribution in [0.5, 0.6) is 11.5 Å². The van der Waals surface area contributed by atoms with Crippen molar-refractivity contribution in [2.75, 3.05) is 41.3 Å². The first-order chi connectivity index (χ1) is 17.8. The van der Waals surface area contributed by atoms with E-state index < -0.39 is 13.6 Å². The van der Waals surface area contributed by atoms with Crippen molar-refractivity contribution in [2.45, 2.75) is 52.2 Å². The second-order valence-corrected chi connectivity index (χ2v) is 12.3. The van der Waals surface area contributed by atoms with Crippen LogP contribution in [0.4, 0.5) is 0 Å². The van der Waals surface area contributed by atoms with E-state index in [0.29, 0.717) is 23.3 Å². The number of aromatic amines is 1. The third kappa shape index (κ3) is 8.32. The van der Waals surface area contributed by atoms with Gasteiger partial charge in [-0.15, -0.1) is 0 Å². The highest BCUT2D eigenvalue weighted by Gasteiger charge is 2.36. The van der Waals surface area contributed by atoms with Crippen LogP contribution >= 0.6 is 7.82 Å². The van der Waals surface area contributed by atoms with Crippen molar-refractivity contribution < 1.29 is 23.2 Å². The first-order valence-electron chi connectivity index (χ1n) is 13.2. The summed E-state index contributed by atoms with van der Waals surface area (Å²) in [7, 11) is 3.64. The number of hydrogen-bond donors (Lipinski definition) is 2. The molecule has 3 atom stereocenters. The lowest BCUT2D eigenvalue weighted by molar-refractivity contribution is -0.0946. The Balaban J connectivity index is 1.76. The highest BCUT2D eigenvalue weighted by atomic mass is 31.2. The summed E-state index contributed by atoms with van der Waals surface area (Å²) in [6.07, 6.45) is 3.67. The van der Waals surface area contributed by atoms with E-state index in [1.165, 1.54) is 5.56 Å². The number of nitrogens with zero attached hydrogens (tertiary/aromatic N) is 2. The van der Waals surface area contributed by atoms with Gasteiger partial charge in [-0.3, -0.25) is 4.89 Å². The van der Waals surface area contributed by atoms with Gasteiger partial charge in [-0.1, -0.05) is 32.0 Å². The van der Waals surface area contributed by atoms with Crippen molar-refractivity contribution in [3.05, 3.63) is 59.8 Å². The number of aromatic nitrogens is 1. The van der Waals surface area contributed by atoms with Crippen molar-refractivity contribution in [1.29, 1.82) is 0 Å². The molecular weight excluding hydrogens is 501 g/mol. The number of H-pyrrole nitrogens is 1. The van der Waals surface area contributed by atoms with Crippen LogP contribution in [-0.4, -0.2) is 66.7 Å². The summed E-state index contributed by atoms with van der Waals surface area (Å²) in [5, 5.41) is 0.774. The smallest absolute Gasteiger partial charge is 0.462 e. The molecule has 0 aliphatic carbocycles. The maximum absolute atomic E-state index is 13.2. The number of hydrogen-bond acceptors (Lipinski definition) is 6. The van der Waals surface area contributed by atoms with Crippen molar-refractivity contribution >= 4 is 18.7 Å². The van der Waals surface area contributed by atoms with Crippen molar-refractivity contribution in [3.8, 4) is 11.5 Å². The minimum atomic E-state index is -4.53. The van der Waals surface area contributed by atoms with Crippen LogP contribution in [0, 0.1) is 5.92 Å². The molecule has 38 heavy (non-hydrogen) atoms. The lowest BCUT2D eigenvalue weighted by atomic mass is 9.85. The van der Waals surface area contributed by atoms with Gasteiger partial charge < -0.3 is 24.0 Å². The molecule has 9 heteroatoms. The molecule has 2 aromatic carbocycles. The molecule has 0 spiro atoms. The Morgan fingerprint density at radius 3 is 2.45 bits per heavy atom. The number of rotatable bonds is 14. The molecule has 1 unspecified atom stereocenters. The highest BCUT2D eigenvalue weighted by Crippen LogP contribution is 2.49.